The molecular weight excluding hydrogens is 444 g/mol. The second kappa shape index (κ2) is 8.39. The van der Waals surface area contributed by atoms with Crippen molar-refractivity contribution in [2.45, 2.75) is 46.1 Å². The highest BCUT2D eigenvalue weighted by molar-refractivity contribution is 7.87. The zero-order valence-electron chi connectivity index (χ0n) is 18.6. The molecule has 1 fully saturated rings. The van der Waals surface area contributed by atoms with Crippen molar-refractivity contribution in [2.75, 3.05) is 31.1 Å². The maximum atomic E-state index is 14.8. The summed E-state index contributed by atoms with van der Waals surface area (Å²) in [5.74, 6) is -3.09. The summed E-state index contributed by atoms with van der Waals surface area (Å²) in [6, 6.07) is 3.69. The van der Waals surface area contributed by atoms with Crippen LogP contribution in [0, 0.1) is 13.8 Å². The van der Waals surface area contributed by atoms with E-state index in [4.69, 9.17) is 4.74 Å². The van der Waals surface area contributed by atoms with Crippen molar-refractivity contribution in [3.8, 4) is 0 Å². The first-order valence-corrected chi connectivity index (χ1v) is 11.5. The van der Waals surface area contributed by atoms with Crippen molar-refractivity contribution < 1.29 is 26.7 Å². The highest BCUT2D eigenvalue weighted by Crippen LogP contribution is 2.30. The number of hydrogen-bond donors (Lipinski definition) is 1. The van der Waals surface area contributed by atoms with Crippen molar-refractivity contribution in [2.24, 2.45) is 0 Å². The third-order valence-electron chi connectivity index (χ3n) is 4.93. The number of carbonyl (C=O) groups excluding carboxylic acids is 1. The molecular formula is C20H27F2N5O4S. The van der Waals surface area contributed by atoms with Crippen molar-refractivity contribution >= 4 is 33.0 Å². The molecule has 0 bridgehead atoms. The van der Waals surface area contributed by atoms with Crippen LogP contribution in [0.1, 0.15) is 31.9 Å². The molecule has 3 rings (SSSR count). The lowest BCUT2D eigenvalue weighted by Crippen LogP contribution is -2.49. The number of hydrogen-bond acceptors (Lipinski definition) is 7. The Morgan fingerprint density at radius 2 is 1.78 bits per heavy atom. The summed E-state index contributed by atoms with van der Waals surface area (Å²) in [5.41, 5.74) is 1.64. The van der Waals surface area contributed by atoms with E-state index < -0.39 is 40.9 Å². The number of nitrogens with one attached hydrogen (secondary N) is 1. The number of carbonyl (C=O) groups is 1. The van der Waals surface area contributed by atoms with Gasteiger partial charge in [0.05, 0.1) is 18.6 Å². The average molecular weight is 472 g/mol. The number of alkyl halides is 2. The lowest BCUT2D eigenvalue weighted by atomic mass is 10.1. The van der Waals surface area contributed by atoms with Gasteiger partial charge in [0, 0.05) is 18.5 Å². The van der Waals surface area contributed by atoms with Gasteiger partial charge >= 0.3 is 16.3 Å². The van der Waals surface area contributed by atoms with Crippen LogP contribution in [0.2, 0.25) is 0 Å². The number of rotatable bonds is 3. The molecule has 1 saturated heterocycles. The number of aryl methyl sites for hydroxylation is 2. The number of anilines is 1. The molecule has 0 aliphatic carbocycles. The van der Waals surface area contributed by atoms with Crippen LogP contribution in [0.5, 0.6) is 0 Å². The molecule has 2 heterocycles. The first kappa shape index (κ1) is 24.1. The zero-order chi connectivity index (χ0) is 23.9. The predicted octanol–water partition coefficient (Wildman–Crippen LogP) is 2.77. The fourth-order valence-corrected chi connectivity index (χ4v) is 4.45. The Kier molecular flexibility index (Phi) is 6.31. The first-order chi connectivity index (χ1) is 14.7. The van der Waals surface area contributed by atoms with Crippen LogP contribution >= 0.6 is 0 Å². The fraction of sp³-hybridized carbons (Fsp3) is 0.550. The maximum absolute atomic E-state index is 14.8. The van der Waals surface area contributed by atoms with E-state index in [2.05, 4.69) is 9.97 Å². The molecule has 0 spiro atoms. The van der Waals surface area contributed by atoms with Gasteiger partial charge in [0.1, 0.15) is 17.7 Å². The van der Waals surface area contributed by atoms with Gasteiger partial charge in [-0.25, -0.2) is 28.3 Å². The van der Waals surface area contributed by atoms with Gasteiger partial charge in [-0.3, -0.25) is 0 Å². The Morgan fingerprint density at radius 1 is 1.12 bits per heavy atom. The van der Waals surface area contributed by atoms with Gasteiger partial charge < -0.3 is 9.64 Å². The highest BCUT2D eigenvalue weighted by atomic mass is 32.2. The monoisotopic (exact) mass is 471 g/mol. The Hall–Kier alpha value is -2.60. The number of fused-ring (bicyclic) bond motifs is 1. The number of aromatic nitrogens is 2. The van der Waals surface area contributed by atoms with Crippen LogP contribution in [-0.2, 0) is 14.9 Å². The van der Waals surface area contributed by atoms with Crippen LogP contribution < -0.4 is 9.62 Å². The van der Waals surface area contributed by atoms with E-state index in [0.717, 1.165) is 11.1 Å². The van der Waals surface area contributed by atoms with Crippen molar-refractivity contribution in [1.29, 1.82) is 0 Å². The molecule has 1 aromatic carbocycles. The Bertz CT molecular complexity index is 1130. The topological polar surface area (TPSA) is 105 Å². The summed E-state index contributed by atoms with van der Waals surface area (Å²) in [5, 5.41) is 0.606. The quantitative estimate of drug-likeness (QED) is 0.734. The molecule has 0 atom stereocenters. The number of benzene rings is 1. The molecule has 12 heteroatoms. The highest BCUT2D eigenvalue weighted by Gasteiger charge is 2.42. The summed E-state index contributed by atoms with van der Waals surface area (Å²) in [6.45, 7) is 6.38. The van der Waals surface area contributed by atoms with Crippen molar-refractivity contribution in [1.82, 2.24) is 19.0 Å². The molecule has 1 N–H and O–H groups in total. The molecule has 0 unspecified atom stereocenters. The van der Waals surface area contributed by atoms with E-state index in [1.54, 1.807) is 25.5 Å². The van der Waals surface area contributed by atoms with Gasteiger partial charge in [0.2, 0.25) is 0 Å². The summed E-state index contributed by atoms with van der Waals surface area (Å²) < 4.78 is 62.0. The summed E-state index contributed by atoms with van der Waals surface area (Å²) in [7, 11) is -4.54. The molecule has 32 heavy (non-hydrogen) atoms. The van der Waals surface area contributed by atoms with Gasteiger partial charge in [0.25, 0.3) is 5.92 Å². The smallest absolute Gasteiger partial charge is 0.422 e. The first-order valence-electron chi connectivity index (χ1n) is 10.0. The van der Waals surface area contributed by atoms with Crippen LogP contribution in [0.3, 0.4) is 0 Å². The second-order valence-corrected chi connectivity index (χ2v) is 10.5. The SMILES string of the molecule is Cc1cc2ncnc(N3CCN(S(=O)(=O)NC(=O)OC(C)(C)C)CC(F)(F)C3)c2cc1C. The van der Waals surface area contributed by atoms with Gasteiger partial charge in [-0.05, 0) is 57.9 Å². The Morgan fingerprint density at radius 3 is 2.44 bits per heavy atom. The molecule has 1 amide bonds. The Labute approximate surface area is 185 Å². The fourth-order valence-electron chi connectivity index (χ4n) is 3.39. The van der Waals surface area contributed by atoms with Gasteiger partial charge in [-0.2, -0.15) is 12.7 Å². The normalized spacial score (nSPS) is 17.8. The van der Waals surface area contributed by atoms with Crippen LogP contribution in [0.4, 0.5) is 19.4 Å². The minimum absolute atomic E-state index is 0.0517. The average Bonchev–Trinajstić information content (AvgIpc) is 2.78. The number of halogens is 2. The molecule has 176 valence electrons. The third-order valence-corrected chi connectivity index (χ3v) is 6.35. The molecule has 1 aromatic heterocycles. The minimum Gasteiger partial charge on any atom is -0.443 e. The minimum atomic E-state index is -4.54. The predicted molar refractivity (Wildman–Crippen MR) is 116 cm³/mol. The largest absolute Gasteiger partial charge is 0.443 e. The lowest BCUT2D eigenvalue weighted by Gasteiger charge is -2.25. The van der Waals surface area contributed by atoms with Gasteiger partial charge in [0.15, 0.2) is 0 Å². The number of amides is 1. The van der Waals surface area contributed by atoms with E-state index in [9.17, 15) is 22.0 Å². The standard InChI is InChI=1S/C20H27F2N5O4S/c1-13-8-15-16(9-14(13)2)23-12-24-17(15)26-6-7-27(11-20(21,22)10-26)32(29,30)25-18(28)31-19(3,4)5/h8-9,12H,6-7,10-11H2,1-5H3,(H,25,28). The molecule has 2 aromatic rings. The molecule has 0 saturated carbocycles. The van der Waals surface area contributed by atoms with E-state index in [-0.39, 0.29) is 13.1 Å². The van der Waals surface area contributed by atoms with Crippen molar-refractivity contribution in [3.63, 3.8) is 0 Å². The third kappa shape index (κ3) is 5.60. The summed E-state index contributed by atoms with van der Waals surface area (Å²) in [6.07, 6.45) is 0.0724. The van der Waals surface area contributed by atoms with Crippen LogP contribution in [0.25, 0.3) is 10.9 Å². The van der Waals surface area contributed by atoms with Crippen LogP contribution in [-0.4, -0.2) is 66.5 Å². The van der Waals surface area contributed by atoms with Crippen LogP contribution in [0.15, 0.2) is 18.5 Å². The maximum Gasteiger partial charge on any atom is 0.422 e. The van der Waals surface area contributed by atoms with E-state index in [1.165, 1.54) is 11.2 Å². The molecule has 9 nitrogen and oxygen atoms in total. The van der Waals surface area contributed by atoms with Gasteiger partial charge in [-0.15, -0.1) is 0 Å². The molecule has 1 aliphatic rings. The second-order valence-electron chi connectivity index (χ2n) is 8.87. The van der Waals surface area contributed by atoms with Gasteiger partial charge in [-0.1, -0.05) is 0 Å². The summed E-state index contributed by atoms with van der Waals surface area (Å²) in [4.78, 5) is 21.7. The zero-order valence-corrected chi connectivity index (χ0v) is 19.5. The number of ether oxygens (including phenoxy) is 1. The lowest BCUT2D eigenvalue weighted by molar-refractivity contribution is 0.0000953. The molecule has 1 aliphatic heterocycles. The van der Waals surface area contributed by atoms with E-state index >= 15 is 0 Å². The van der Waals surface area contributed by atoms with Crippen molar-refractivity contribution in [3.05, 3.63) is 29.6 Å². The Balaban J connectivity index is 1.87. The summed E-state index contributed by atoms with van der Waals surface area (Å²) >= 11 is 0. The molecule has 0 radical (unpaired) electrons. The van der Waals surface area contributed by atoms with E-state index in [1.807, 2.05) is 26.0 Å². The number of nitrogens with zero attached hydrogens (tertiary/aromatic N) is 4. The van der Waals surface area contributed by atoms with E-state index in [0.29, 0.717) is 21.0 Å².